The average Bonchev–Trinajstić information content (AvgIpc) is 3.44. The van der Waals surface area contributed by atoms with E-state index < -0.39 is 12.2 Å². The number of carbonyl (C=O) groups is 1. The van der Waals surface area contributed by atoms with E-state index in [-0.39, 0.29) is 18.4 Å². The van der Waals surface area contributed by atoms with E-state index in [1.807, 2.05) is 53.4 Å². The van der Waals surface area contributed by atoms with Crippen LogP contribution in [-0.2, 0) is 16.0 Å². The summed E-state index contributed by atoms with van der Waals surface area (Å²) in [5.74, 6) is 0.900. The number of amides is 1. The molecule has 2 fully saturated rings. The van der Waals surface area contributed by atoms with Crippen LogP contribution in [0.3, 0.4) is 0 Å². The molecule has 0 spiro atoms. The molecule has 1 aromatic heterocycles. The summed E-state index contributed by atoms with van der Waals surface area (Å²) in [6, 6.07) is 14.9. The highest BCUT2D eigenvalue weighted by Crippen LogP contribution is 2.45. The van der Waals surface area contributed by atoms with E-state index in [0.717, 1.165) is 24.0 Å². The molecular formula is C22H21Cl2N5O2. The molecule has 1 aliphatic heterocycles. The summed E-state index contributed by atoms with van der Waals surface area (Å²) in [5.41, 5.74) is 1.89. The van der Waals surface area contributed by atoms with Gasteiger partial charge in [0.15, 0.2) is 5.82 Å². The molecule has 9 heteroatoms. The number of nitrogens with zero attached hydrogens (tertiary/aromatic N) is 4. The summed E-state index contributed by atoms with van der Waals surface area (Å²) >= 11 is 12.4. The van der Waals surface area contributed by atoms with E-state index in [9.17, 15) is 4.79 Å². The van der Waals surface area contributed by atoms with Gasteiger partial charge in [0, 0.05) is 23.0 Å². The molecule has 3 atom stereocenters. The molecule has 1 aliphatic carbocycles. The highest BCUT2D eigenvalue weighted by atomic mass is 35.5. The average molecular weight is 458 g/mol. The number of rotatable bonds is 6. The molecular weight excluding hydrogens is 437 g/mol. The topological polar surface area (TPSA) is 84.0 Å². The van der Waals surface area contributed by atoms with Crippen LogP contribution in [0.1, 0.15) is 41.9 Å². The molecule has 160 valence electrons. The molecule has 3 aromatic rings. The molecule has 5 rings (SSSR count). The fraction of sp³-hybridized carbons (Fsp3) is 0.364. The van der Waals surface area contributed by atoms with Crippen molar-refractivity contribution in [2.24, 2.45) is 5.92 Å². The van der Waals surface area contributed by atoms with Crippen LogP contribution in [0, 0.1) is 5.92 Å². The van der Waals surface area contributed by atoms with Crippen molar-refractivity contribution < 1.29 is 9.53 Å². The predicted molar refractivity (Wildman–Crippen MR) is 116 cm³/mol. The lowest BCUT2D eigenvalue weighted by atomic mass is 9.91. The van der Waals surface area contributed by atoms with Crippen molar-refractivity contribution in [3.8, 4) is 0 Å². The first-order valence-corrected chi connectivity index (χ1v) is 11.0. The van der Waals surface area contributed by atoms with Crippen molar-refractivity contribution in [2.45, 2.75) is 37.5 Å². The summed E-state index contributed by atoms with van der Waals surface area (Å²) < 4.78 is 6.44. The molecule has 0 unspecified atom stereocenters. The number of morpholine rings is 1. The van der Waals surface area contributed by atoms with Gasteiger partial charge in [0.1, 0.15) is 12.2 Å². The Hall–Kier alpha value is -2.48. The quantitative estimate of drug-likeness (QED) is 0.600. The van der Waals surface area contributed by atoms with Gasteiger partial charge in [0.05, 0.1) is 6.04 Å². The second kappa shape index (κ2) is 8.57. The van der Waals surface area contributed by atoms with Gasteiger partial charge in [-0.2, -0.15) is 5.21 Å². The van der Waals surface area contributed by atoms with E-state index in [4.69, 9.17) is 27.9 Å². The van der Waals surface area contributed by atoms with E-state index in [2.05, 4.69) is 20.6 Å². The molecule has 7 nitrogen and oxygen atoms in total. The summed E-state index contributed by atoms with van der Waals surface area (Å²) in [4.78, 5) is 15.5. The predicted octanol–water partition coefficient (Wildman–Crippen LogP) is 4.17. The van der Waals surface area contributed by atoms with Crippen molar-refractivity contribution in [2.75, 3.05) is 6.54 Å². The molecule has 2 heterocycles. The monoisotopic (exact) mass is 457 g/mol. The number of hydrogen-bond donors (Lipinski definition) is 1. The summed E-state index contributed by atoms with van der Waals surface area (Å²) in [7, 11) is 0. The van der Waals surface area contributed by atoms with Crippen molar-refractivity contribution in [1.82, 2.24) is 25.5 Å². The number of tetrazole rings is 1. The number of aromatic amines is 1. The van der Waals surface area contributed by atoms with Crippen LogP contribution < -0.4 is 0 Å². The van der Waals surface area contributed by atoms with Crippen molar-refractivity contribution in [3.05, 3.63) is 75.5 Å². The van der Waals surface area contributed by atoms with Crippen LogP contribution in [0.5, 0.6) is 0 Å². The van der Waals surface area contributed by atoms with E-state index >= 15 is 0 Å². The van der Waals surface area contributed by atoms with Gasteiger partial charge in [0.2, 0.25) is 0 Å². The van der Waals surface area contributed by atoms with Crippen LogP contribution in [0.4, 0.5) is 0 Å². The highest BCUT2D eigenvalue weighted by molar-refractivity contribution is 6.30. The van der Waals surface area contributed by atoms with E-state index in [1.54, 1.807) is 0 Å². The fourth-order valence-corrected chi connectivity index (χ4v) is 4.43. The number of H-pyrrole nitrogens is 1. The minimum absolute atomic E-state index is 0.0603. The maximum Gasteiger partial charge on any atom is 0.252 e. The van der Waals surface area contributed by atoms with Gasteiger partial charge in [-0.1, -0.05) is 52.7 Å². The first-order valence-electron chi connectivity index (χ1n) is 10.3. The minimum Gasteiger partial charge on any atom is -0.357 e. The zero-order valence-electron chi connectivity index (χ0n) is 16.6. The van der Waals surface area contributed by atoms with Crippen LogP contribution >= 0.6 is 23.2 Å². The maximum atomic E-state index is 13.6. The number of aromatic nitrogens is 4. The first-order chi connectivity index (χ1) is 15.1. The SMILES string of the molecule is O=C1[C@H](Cc2nn[nH]n2)O[C@H](c2cccc(Cl)c2)[C@@H](c2ccc(Cl)cc2)N1CC1CC1. The number of hydrogen-bond acceptors (Lipinski definition) is 5. The van der Waals surface area contributed by atoms with E-state index in [0.29, 0.717) is 28.3 Å². The standard InChI is InChI=1S/C22H21Cl2N5O2/c23-16-8-6-14(7-9-16)20-21(15-2-1-3-17(24)10-15)31-18(11-19-25-27-28-26-19)22(30)29(20)12-13-4-5-13/h1-3,6-10,13,18,20-21H,4-5,11-12H2,(H,25,26,27,28)/t18-,20+,21+/m0/s1. The van der Waals surface area contributed by atoms with Gasteiger partial charge >= 0.3 is 0 Å². The summed E-state index contributed by atoms with van der Waals surface area (Å²) in [6.45, 7) is 0.690. The van der Waals surface area contributed by atoms with Crippen LogP contribution in [0.2, 0.25) is 10.0 Å². The number of nitrogens with one attached hydrogen (secondary N) is 1. The summed E-state index contributed by atoms with van der Waals surface area (Å²) in [5, 5.41) is 15.3. The minimum atomic E-state index is -0.705. The number of ether oxygens (including phenoxy) is 1. The van der Waals surface area contributed by atoms with Gasteiger partial charge in [-0.25, -0.2) is 0 Å². The third-order valence-electron chi connectivity index (χ3n) is 5.79. The molecule has 1 saturated carbocycles. The van der Waals surface area contributed by atoms with Gasteiger partial charge in [-0.05, 0) is 54.2 Å². The number of halogens is 2. The maximum absolute atomic E-state index is 13.6. The lowest BCUT2D eigenvalue weighted by molar-refractivity contribution is -0.174. The second-order valence-electron chi connectivity index (χ2n) is 8.06. The van der Waals surface area contributed by atoms with Gasteiger partial charge in [-0.15, -0.1) is 10.2 Å². The molecule has 1 amide bonds. The fourth-order valence-electron chi connectivity index (χ4n) is 4.11. The lowest BCUT2D eigenvalue weighted by Gasteiger charge is -2.45. The van der Waals surface area contributed by atoms with Crippen molar-refractivity contribution in [1.29, 1.82) is 0 Å². The Kier molecular flexibility index (Phi) is 5.65. The van der Waals surface area contributed by atoms with E-state index in [1.165, 1.54) is 0 Å². The Balaban J connectivity index is 1.57. The Bertz CT molecular complexity index is 1060. The Morgan fingerprint density at radius 1 is 1.06 bits per heavy atom. The first kappa shape index (κ1) is 20.4. The highest BCUT2D eigenvalue weighted by Gasteiger charge is 2.46. The second-order valence-corrected chi connectivity index (χ2v) is 8.94. The van der Waals surface area contributed by atoms with Gasteiger partial charge < -0.3 is 9.64 Å². The van der Waals surface area contributed by atoms with Gasteiger partial charge in [0.25, 0.3) is 5.91 Å². The molecule has 2 aromatic carbocycles. The Morgan fingerprint density at radius 2 is 1.87 bits per heavy atom. The zero-order valence-corrected chi connectivity index (χ0v) is 18.1. The molecule has 1 saturated heterocycles. The zero-order chi connectivity index (χ0) is 21.4. The van der Waals surface area contributed by atoms with Crippen molar-refractivity contribution in [3.63, 3.8) is 0 Å². The Morgan fingerprint density at radius 3 is 2.55 bits per heavy atom. The molecule has 0 radical (unpaired) electrons. The van der Waals surface area contributed by atoms with Crippen molar-refractivity contribution >= 4 is 29.1 Å². The number of benzene rings is 2. The molecule has 0 bridgehead atoms. The largest absolute Gasteiger partial charge is 0.357 e. The number of carbonyl (C=O) groups excluding carboxylic acids is 1. The third kappa shape index (κ3) is 4.44. The normalized spacial score (nSPS) is 23.9. The molecule has 2 aliphatic rings. The van der Waals surface area contributed by atoms with Crippen LogP contribution in [-0.4, -0.2) is 44.1 Å². The molecule has 31 heavy (non-hydrogen) atoms. The summed E-state index contributed by atoms with van der Waals surface area (Å²) in [6.07, 6.45) is 1.42. The van der Waals surface area contributed by atoms with Crippen LogP contribution in [0.25, 0.3) is 0 Å². The third-order valence-corrected chi connectivity index (χ3v) is 6.28. The van der Waals surface area contributed by atoms with Gasteiger partial charge in [-0.3, -0.25) is 4.79 Å². The van der Waals surface area contributed by atoms with Crippen LogP contribution in [0.15, 0.2) is 48.5 Å². The Labute approximate surface area is 189 Å². The smallest absolute Gasteiger partial charge is 0.252 e. The molecule has 1 N–H and O–H groups in total. The lowest BCUT2D eigenvalue weighted by Crippen LogP contribution is -2.52.